The van der Waals surface area contributed by atoms with Crippen molar-refractivity contribution in [2.75, 3.05) is 0 Å². The molecule has 0 nitrogen and oxygen atoms in total. The Kier molecular flexibility index (Phi) is 3.61. The molecular formula is C19H22. The van der Waals surface area contributed by atoms with Gasteiger partial charge in [0.1, 0.15) is 0 Å². The van der Waals surface area contributed by atoms with Gasteiger partial charge < -0.3 is 0 Å². The van der Waals surface area contributed by atoms with Crippen LogP contribution in [-0.4, -0.2) is 0 Å². The lowest BCUT2D eigenvalue weighted by Crippen LogP contribution is -2.10. The highest BCUT2D eigenvalue weighted by atomic mass is 14.2. The van der Waals surface area contributed by atoms with Gasteiger partial charge in [-0.3, -0.25) is 0 Å². The van der Waals surface area contributed by atoms with Crippen LogP contribution in [0.25, 0.3) is 5.57 Å². The number of hydrogen-bond donors (Lipinski definition) is 0. The Labute approximate surface area is 116 Å². The van der Waals surface area contributed by atoms with Crippen LogP contribution in [0.5, 0.6) is 0 Å². The molecule has 0 unspecified atom stereocenters. The standard InChI is InChI=1S/C19H22/c1-14-6-8-16(9-7-14)15(2)17-10-12-18(13-11-17)19(3,4)5/h6-13H,2H2,1,3-5H3. The first-order chi connectivity index (χ1) is 8.88. The number of rotatable bonds is 2. The molecule has 0 aliphatic rings. The quantitative estimate of drug-likeness (QED) is 0.673. The van der Waals surface area contributed by atoms with Crippen LogP contribution in [0.1, 0.15) is 43.0 Å². The van der Waals surface area contributed by atoms with Crippen molar-refractivity contribution in [3.05, 3.63) is 77.4 Å². The molecule has 2 aromatic carbocycles. The minimum absolute atomic E-state index is 0.198. The van der Waals surface area contributed by atoms with Crippen molar-refractivity contribution in [2.45, 2.75) is 33.1 Å². The maximum absolute atomic E-state index is 4.22. The minimum Gasteiger partial charge on any atom is -0.0906 e. The molecule has 0 bridgehead atoms. The van der Waals surface area contributed by atoms with Crippen molar-refractivity contribution in [1.82, 2.24) is 0 Å². The number of aryl methyl sites for hydroxylation is 1. The number of benzene rings is 2. The smallest absolute Gasteiger partial charge is 0.0132 e. The molecule has 0 radical (unpaired) electrons. The molecule has 0 fully saturated rings. The highest BCUT2D eigenvalue weighted by molar-refractivity contribution is 5.78. The molecule has 0 heterocycles. The lowest BCUT2D eigenvalue weighted by Gasteiger charge is -2.19. The van der Waals surface area contributed by atoms with E-state index in [9.17, 15) is 0 Å². The van der Waals surface area contributed by atoms with Gasteiger partial charge in [-0.15, -0.1) is 0 Å². The fraction of sp³-hybridized carbons (Fsp3) is 0.263. The Morgan fingerprint density at radius 2 is 1.21 bits per heavy atom. The third-order valence-electron chi connectivity index (χ3n) is 3.50. The van der Waals surface area contributed by atoms with Crippen molar-refractivity contribution in [2.24, 2.45) is 0 Å². The summed E-state index contributed by atoms with van der Waals surface area (Å²) in [6.07, 6.45) is 0. The van der Waals surface area contributed by atoms with Crippen LogP contribution in [0.3, 0.4) is 0 Å². The van der Waals surface area contributed by atoms with Crippen molar-refractivity contribution in [1.29, 1.82) is 0 Å². The van der Waals surface area contributed by atoms with Gasteiger partial charge in [-0.2, -0.15) is 0 Å². The van der Waals surface area contributed by atoms with Gasteiger partial charge >= 0.3 is 0 Å². The van der Waals surface area contributed by atoms with E-state index >= 15 is 0 Å². The summed E-state index contributed by atoms with van der Waals surface area (Å²) in [4.78, 5) is 0. The van der Waals surface area contributed by atoms with E-state index in [-0.39, 0.29) is 5.41 Å². The van der Waals surface area contributed by atoms with Crippen LogP contribution in [0, 0.1) is 6.92 Å². The van der Waals surface area contributed by atoms with Crippen molar-refractivity contribution in [3.8, 4) is 0 Å². The maximum Gasteiger partial charge on any atom is -0.0132 e. The highest BCUT2D eigenvalue weighted by Crippen LogP contribution is 2.26. The van der Waals surface area contributed by atoms with E-state index in [1.54, 1.807) is 0 Å². The predicted molar refractivity (Wildman–Crippen MR) is 84.5 cm³/mol. The van der Waals surface area contributed by atoms with Gasteiger partial charge in [-0.1, -0.05) is 81.4 Å². The Hall–Kier alpha value is -1.82. The molecule has 0 saturated heterocycles. The topological polar surface area (TPSA) is 0 Å². The Bertz CT molecular complexity index is 563. The summed E-state index contributed by atoms with van der Waals surface area (Å²) >= 11 is 0. The first-order valence-electron chi connectivity index (χ1n) is 6.75. The largest absolute Gasteiger partial charge is 0.0906 e. The zero-order valence-electron chi connectivity index (χ0n) is 12.3. The highest BCUT2D eigenvalue weighted by Gasteiger charge is 2.13. The number of hydrogen-bond acceptors (Lipinski definition) is 0. The fourth-order valence-corrected chi connectivity index (χ4v) is 2.09. The molecule has 0 amide bonds. The summed E-state index contributed by atoms with van der Waals surface area (Å²) in [5.74, 6) is 0. The van der Waals surface area contributed by atoms with E-state index in [4.69, 9.17) is 0 Å². The summed E-state index contributed by atoms with van der Waals surface area (Å²) in [7, 11) is 0. The maximum atomic E-state index is 4.22. The third kappa shape index (κ3) is 3.14. The van der Waals surface area contributed by atoms with Gasteiger partial charge in [0, 0.05) is 0 Å². The SMILES string of the molecule is C=C(c1ccc(C)cc1)c1ccc(C(C)(C)C)cc1. The first kappa shape index (κ1) is 13.6. The molecule has 0 aliphatic carbocycles. The van der Waals surface area contributed by atoms with E-state index in [0.717, 1.165) is 5.57 Å². The van der Waals surface area contributed by atoms with E-state index in [2.05, 4.69) is 82.8 Å². The Balaban J connectivity index is 2.27. The van der Waals surface area contributed by atoms with E-state index < -0.39 is 0 Å². The van der Waals surface area contributed by atoms with E-state index in [1.165, 1.54) is 22.3 Å². The summed E-state index contributed by atoms with van der Waals surface area (Å²) in [6.45, 7) is 13.0. The predicted octanol–water partition coefficient (Wildman–Crippen LogP) is 5.35. The third-order valence-corrected chi connectivity index (χ3v) is 3.50. The summed E-state index contributed by atoms with van der Waals surface area (Å²) in [6, 6.07) is 17.3. The molecule has 2 aromatic rings. The monoisotopic (exact) mass is 250 g/mol. The lowest BCUT2D eigenvalue weighted by atomic mass is 9.86. The molecule has 2 rings (SSSR count). The average Bonchev–Trinajstić information content (AvgIpc) is 2.38. The fourth-order valence-electron chi connectivity index (χ4n) is 2.09. The first-order valence-corrected chi connectivity index (χ1v) is 6.75. The van der Waals surface area contributed by atoms with Crippen molar-refractivity contribution >= 4 is 5.57 Å². The van der Waals surface area contributed by atoms with Crippen LogP contribution >= 0.6 is 0 Å². The zero-order valence-corrected chi connectivity index (χ0v) is 12.3. The second-order valence-electron chi connectivity index (χ2n) is 6.17. The Morgan fingerprint density at radius 3 is 1.63 bits per heavy atom. The molecule has 0 aliphatic heterocycles. The molecule has 0 saturated carbocycles. The molecular weight excluding hydrogens is 228 g/mol. The van der Waals surface area contributed by atoms with Gasteiger partial charge in [-0.05, 0) is 34.6 Å². The van der Waals surface area contributed by atoms with Crippen LogP contribution in [0.2, 0.25) is 0 Å². The molecule has 0 spiro atoms. The van der Waals surface area contributed by atoms with Crippen LogP contribution in [0.4, 0.5) is 0 Å². The molecule has 98 valence electrons. The van der Waals surface area contributed by atoms with Crippen LogP contribution in [0.15, 0.2) is 55.1 Å². The van der Waals surface area contributed by atoms with Gasteiger partial charge in [0.2, 0.25) is 0 Å². The van der Waals surface area contributed by atoms with Crippen molar-refractivity contribution < 1.29 is 0 Å². The van der Waals surface area contributed by atoms with Gasteiger partial charge in [0.25, 0.3) is 0 Å². The lowest BCUT2D eigenvalue weighted by molar-refractivity contribution is 0.590. The second-order valence-corrected chi connectivity index (χ2v) is 6.17. The van der Waals surface area contributed by atoms with Gasteiger partial charge in [0.05, 0.1) is 0 Å². The van der Waals surface area contributed by atoms with Crippen LogP contribution in [-0.2, 0) is 5.41 Å². The molecule has 0 N–H and O–H groups in total. The minimum atomic E-state index is 0.198. The molecule has 19 heavy (non-hydrogen) atoms. The van der Waals surface area contributed by atoms with Gasteiger partial charge in [-0.25, -0.2) is 0 Å². The van der Waals surface area contributed by atoms with Gasteiger partial charge in [0.15, 0.2) is 0 Å². The van der Waals surface area contributed by atoms with Crippen LogP contribution < -0.4 is 0 Å². The van der Waals surface area contributed by atoms with E-state index in [1.807, 2.05) is 0 Å². The molecule has 0 heteroatoms. The summed E-state index contributed by atoms with van der Waals surface area (Å²) < 4.78 is 0. The summed E-state index contributed by atoms with van der Waals surface area (Å²) in [5.41, 5.74) is 6.29. The zero-order chi connectivity index (χ0) is 14.0. The average molecular weight is 250 g/mol. The normalized spacial score (nSPS) is 11.4. The van der Waals surface area contributed by atoms with E-state index in [0.29, 0.717) is 0 Å². The summed E-state index contributed by atoms with van der Waals surface area (Å²) in [5, 5.41) is 0. The van der Waals surface area contributed by atoms with Crippen molar-refractivity contribution in [3.63, 3.8) is 0 Å². The molecule has 0 aromatic heterocycles. The molecule has 0 atom stereocenters. The second kappa shape index (κ2) is 5.05. The Morgan fingerprint density at radius 1 is 0.789 bits per heavy atom.